The fourth-order valence-electron chi connectivity index (χ4n) is 4.14. The third kappa shape index (κ3) is 5.43. The number of methoxy groups -OCH3 is 2. The van der Waals surface area contributed by atoms with E-state index in [0.717, 1.165) is 12.0 Å². The number of aryl methyl sites for hydroxylation is 1. The predicted octanol–water partition coefficient (Wildman–Crippen LogP) is 3.78. The van der Waals surface area contributed by atoms with Crippen molar-refractivity contribution in [2.75, 3.05) is 48.0 Å². The molecular formula is C27H34N2O6. The Labute approximate surface area is 206 Å². The number of hydrogen-bond acceptors (Lipinski definition) is 7. The monoisotopic (exact) mass is 482 g/mol. The van der Waals surface area contributed by atoms with Crippen LogP contribution in [0.1, 0.15) is 36.1 Å². The Morgan fingerprint density at radius 3 is 2.37 bits per heavy atom. The van der Waals surface area contributed by atoms with Crippen molar-refractivity contribution < 1.29 is 28.9 Å². The number of carbonyl (C=O) groups excluding carboxylic acids is 2. The van der Waals surface area contributed by atoms with E-state index in [1.54, 1.807) is 30.3 Å². The number of nitrogens with zero attached hydrogens (tertiary/aromatic N) is 2. The van der Waals surface area contributed by atoms with Crippen molar-refractivity contribution in [1.29, 1.82) is 0 Å². The van der Waals surface area contributed by atoms with Crippen LogP contribution in [0.5, 0.6) is 17.2 Å². The molecule has 1 N–H and O–H groups in total. The Balaban J connectivity index is 2.15. The van der Waals surface area contributed by atoms with Crippen LogP contribution in [0.2, 0.25) is 0 Å². The quantitative estimate of drug-likeness (QED) is 0.313. The first-order valence-electron chi connectivity index (χ1n) is 11.6. The van der Waals surface area contributed by atoms with Crippen molar-refractivity contribution in [2.24, 2.45) is 0 Å². The molecule has 1 amide bonds. The van der Waals surface area contributed by atoms with Crippen molar-refractivity contribution in [3.63, 3.8) is 0 Å². The molecule has 1 fully saturated rings. The van der Waals surface area contributed by atoms with Gasteiger partial charge in [-0.3, -0.25) is 9.59 Å². The second-order valence-electron chi connectivity index (χ2n) is 8.74. The minimum atomic E-state index is -0.773. The van der Waals surface area contributed by atoms with Gasteiger partial charge < -0.3 is 29.1 Å². The highest BCUT2D eigenvalue weighted by Crippen LogP contribution is 2.42. The number of aliphatic hydroxyl groups is 1. The number of aliphatic hydroxyl groups excluding tert-OH is 1. The lowest BCUT2D eigenvalue weighted by Gasteiger charge is -2.27. The van der Waals surface area contributed by atoms with Crippen LogP contribution in [-0.2, 0) is 9.59 Å². The second-order valence-corrected chi connectivity index (χ2v) is 8.74. The zero-order chi connectivity index (χ0) is 25.7. The van der Waals surface area contributed by atoms with Crippen LogP contribution in [0.15, 0.2) is 42.0 Å². The molecule has 2 aromatic rings. The SMILES string of the molecule is CCCOc1ccc(C(O)=C2C(=O)C(=O)N(CCN(C)C)[C@H]2c2ccc(OC)c(OC)c2)c(C)c1. The van der Waals surface area contributed by atoms with Crippen LogP contribution < -0.4 is 14.2 Å². The van der Waals surface area contributed by atoms with Crippen molar-refractivity contribution in [1.82, 2.24) is 9.80 Å². The zero-order valence-electron chi connectivity index (χ0n) is 21.3. The molecule has 2 aromatic carbocycles. The van der Waals surface area contributed by atoms with Crippen molar-refractivity contribution in [3.05, 3.63) is 58.7 Å². The van der Waals surface area contributed by atoms with Gasteiger partial charge in [0.1, 0.15) is 11.5 Å². The van der Waals surface area contributed by atoms with E-state index in [0.29, 0.717) is 48.1 Å². The molecule has 0 aliphatic carbocycles. The Bertz CT molecular complexity index is 1120. The number of amides is 1. The summed E-state index contributed by atoms with van der Waals surface area (Å²) in [5.74, 6) is 0.108. The van der Waals surface area contributed by atoms with Crippen LogP contribution in [-0.4, -0.2) is 74.6 Å². The maximum atomic E-state index is 13.3. The number of ether oxygens (including phenoxy) is 3. The van der Waals surface area contributed by atoms with E-state index >= 15 is 0 Å². The van der Waals surface area contributed by atoms with Gasteiger partial charge in [-0.25, -0.2) is 0 Å². The maximum absolute atomic E-state index is 13.3. The highest BCUT2D eigenvalue weighted by molar-refractivity contribution is 6.46. The van der Waals surface area contributed by atoms with Gasteiger partial charge >= 0.3 is 0 Å². The van der Waals surface area contributed by atoms with Gasteiger partial charge in [0.2, 0.25) is 0 Å². The lowest BCUT2D eigenvalue weighted by atomic mass is 9.93. The average molecular weight is 483 g/mol. The van der Waals surface area contributed by atoms with Gasteiger partial charge in [0.25, 0.3) is 11.7 Å². The molecule has 0 saturated carbocycles. The summed E-state index contributed by atoms with van der Waals surface area (Å²) in [4.78, 5) is 29.8. The van der Waals surface area contributed by atoms with E-state index in [9.17, 15) is 14.7 Å². The standard InChI is InChI=1S/C27H34N2O6/c1-7-14-35-19-9-10-20(17(2)15-19)25(30)23-24(18-8-11-21(33-5)22(16-18)34-6)29(13-12-28(3)4)27(32)26(23)31/h8-11,15-16,24,30H,7,12-14H2,1-6H3/t24-/m0/s1. The summed E-state index contributed by atoms with van der Waals surface area (Å²) in [6.07, 6.45) is 0.877. The molecule has 0 aromatic heterocycles. The lowest BCUT2D eigenvalue weighted by molar-refractivity contribution is -0.140. The first-order valence-corrected chi connectivity index (χ1v) is 11.6. The van der Waals surface area contributed by atoms with Crippen LogP contribution in [0.25, 0.3) is 5.76 Å². The van der Waals surface area contributed by atoms with E-state index in [1.165, 1.54) is 19.1 Å². The number of hydrogen-bond donors (Lipinski definition) is 1. The van der Waals surface area contributed by atoms with Gasteiger partial charge in [-0.15, -0.1) is 0 Å². The molecule has 1 aliphatic rings. The number of likely N-dealkylation sites (N-methyl/N-ethyl adjacent to an activating group) is 1. The number of ketones is 1. The van der Waals surface area contributed by atoms with E-state index in [4.69, 9.17) is 14.2 Å². The molecule has 1 heterocycles. The summed E-state index contributed by atoms with van der Waals surface area (Å²) in [5.41, 5.74) is 1.90. The first-order chi connectivity index (χ1) is 16.7. The van der Waals surface area contributed by atoms with E-state index in [1.807, 2.05) is 38.9 Å². The summed E-state index contributed by atoms with van der Waals surface area (Å²) in [7, 11) is 6.86. The molecule has 8 heteroatoms. The van der Waals surface area contributed by atoms with Gasteiger partial charge in [-0.1, -0.05) is 13.0 Å². The Hall–Kier alpha value is -3.52. The Kier molecular flexibility index (Phi) is 8.40. The third-order valence-corrected chi connectivity index (χ3v) is 5.98. The minimum Gasteiger partial charge on any atom is -0.507 e. The van der Waals surface area contributed by atoms with E-state index < -0.39 is 17.7 Å². The normalized spacial score (nSPS) is 17.2. The van der Waals surface area contributed by atoms with Crippen molar-refractivity contribution >= 4 is 17.4 Å². The van der Waals surface area contributed by atoms with Gasteiger partial charge in [-0.2, -0.15) is 0 Å². The number of carbonyl (C=O) groups is 2. The number of likely N-dealkylation sites (tertiary alicyclic amines) is 1. The Morgan fingerprint density at radius 2 is 1.77 bits per heavy atom. The minimum absolute atomic E-state index is 0.0475. The average Bonchev–Trinajstić information content (AvgIpc) is 3.10. The Morgan fingerprint density at radius 1 is 1.06 bits per heavy atom. The van der Waals surface area contributed by atoms with Crippen LogP contribution in [0.4, 0.5) is 0 Å². The first kappa shape index (κ1) is 26.1. The largest absolute Gasteiger partial charge is 0.507 e. The second kappa shape index (κ2) is 11.3. The summed E-state index contributed by atoms with van der Waals surface area (Å²) in [5, 5.41) is 11.4. The fourth-order valence-corrected chi connectivity index (χ4v) is 4.14. The lowest BCUT2D eigenvalue weighted by Crippen LogP contribution is -2.35. The third-order valence-electron chi connectivity index (χ3n) is 5.98. The highest BCUT2D eigenvalue weighted by atomic mass is 16.5. The van der Waals surface area contributed by atoms with Gasteiger partial charge in [0.05, 0.1) is 32.4 Å². The molecule has 35 heavy (non-hydrogen) atoms. The van der Waals surface area contributed by atoms with E-state index in [2.05, 4.69) is 0 Å². The molecule has 1 atom stereocenters. The number of rotatable bonds is 10. The fraction of sp³-hybridized carbons (Fsp3) is 0.407. The van der Waals surface area contributed by atoms with Gasteiger partial charge in [0.15, 0.2) is 11.5 Å². The smallest absolute Gasteiger partial charge is 0.295 e. The molecular weight excluding hydrogens is 448 g/mol. The summed E-state index contributed by atoms with van der Waals surface area (Å²) >= 11 is 0. The van der Waals surface area contributed by atoms with Crippen LogP contribution in [0.3, 0.4) is 0 Å². The van der Waals surface area contributed by atoms with Crippen LogP contribution in [0, 0.1) is 6.92 Å². The van der Waals surface area contributed by atoms with E-state index in [-0.39, 0.29) is 11.3 Å². The maximum Gasteiger partial charge on any atom is 0.295 e. The molecule has 1 saturated heterocycles. The summed E-state index contributed by atoms with van der Waals surface area (Å²) in [6, 6.07) is 9.76. The number of benzene rings is 2. The molecule has 8 nitrogen and oxygen atoms in total. The van der Waals surface area contributed by atoms with Gasteiger partial charge in [-0.05, 0) is 68.9 Å². The molecule has 0 spiro atoms. The topological polar surface area (TPSA) is 88.5 Å². The molecule has 0 bridgehead atoms. The predicted molar refractivity (Wildman–Crippen MR) is 134 cm³/mol. The molecule has 188 valence electrons. The van der Waals surface area contributed by atoms with Crippen molar-refractivity contribution in [2.45, 2.75) is 26.3 Å². The summed E-state index contributed by atoms with van der Waals surface area (Å²) in [6.45, 7) is 5.31. The van der Waals surface area contributed by atoms with Crippen molar-refractivity contribution in [3.8, 4) is 17.2 Å². The summed E-state index contributed by atoms with van der Waals surface area (Å²) < 4.78 is 16.5. The van der Waals surface area contributed by atoms with Gasteiger partial charge in [0, 0.05) is 18.7 Å². The molecule has 0 unspecified atom stereocenters. The zero-order valence-corrected chi connectivity index (χ0v) is 21.3. The van der Waals surface area contributed by atoms with Crippen LogP contribution >= 0.6 is 0 Å². The molecule has 0 radical (unpaired) electrons. The molecule has 3 rings (SSSR count). The molecule has 1 aliphatic heterocycles. The highest BCUT2D eigenvalue weighted by Gasteiger charge is 2.46. The number of Topliss-reactive ketones (excluding diaryl/α,β-unsaturated/α-hetero) is 1.